The first-order chi connectivity index (χ1) is 57.9. The number of rotatable bonds is 54. The highest BCUT2D eigenvalue weighted by Crippen LogP contribution is 2.22. The van der Waals surface area contributed by atoms with E-state index >= 15 is 9.59 Å². The van der Waals surface area contributed by atoms with Gasteiger partial charge >= 0.3 is 0 Å². The molecule has 1 heterocycles. The number of amides is 13. The van der Waals surface area contributed by atoms with E-state index < -0.39 is 168 Å². The molecule has 0 fully saturated rings. The number of aromatic nitrogens is 1. The summed E-state index contributed by atoms with van der Waals surface area (Å²) < 4.78 is 0. The molecule has 0 saturated carbocycles. The second-order valence-electron chi connectivity index (χ2n) is 29.8. The molecule has 0 unspecified atom stereocenters. The van der Waals surface area contributed by atoms with Crippen molar-refractivity contribution in [2.75, 3.05) is 38.5 Å². The molecule has 5 aromatic carbocycles. The van der Waals surface area contributed by atoms with Gasteiger partial charge in [0.25, 0.3) is 0 Å². The van der Waals surface area contributed by atoms with Gasteiger partial charge in [-0.1, -0.05) is 115 Å². The van der Waals surface area contributed by atoms with Gasteiger partial charge in [0.15, 0.2) is 0 Å². The van der Waals surface area contributed by atoms with Crippen molar-refractivity contribution in [3.8, 4) is 5.75 Å². The van der Waals surface area contributed by atoms with Crippen LogP contribution in [0.25, 0.3) is 10.9 Å². The minimum absolute atomic E-state index is 0.0450. The van der Waals surface area contributed by atoms with Crippen LogP contribution >= 0.6 is 24.2 Å². The number of halogens is 1. The Balaban J connectivity index is 1.12. The Labute approximate surface area is 713 Å². The van der Waals surface area contributed by atoms with E-state index in [-0.39, 0.29) is 102 Å². The van der Waals surface area contributed by atoms with Crippen LogP contribution < -0.4 is 98.2 Å². The number of nitrogens with two attached hydrogens (primary N) is 6. The maximum absolute atomic E-state index is 15.2. The van der Waals surface area contributed by atoms with Crippen LogP contribution in [0.4, 0.5) is 0 Å². The molecule has 35 nitrogen and oxygen atoms in total. The molecule has 0 bridgehead atoms. The minimum Gasteiger partial charge on any atom is -0.508 e. The van der Waals surface area contributed by atoms with Crippen LogP contribution in [0.1, 0.15) is 119 Å². The average molecular weight is 1720 g/mol. The summed E-state index contributed by atoms with van der Waals surface area (Å²) in [4.78, 5) is 185. The van der Waals surface area contributed by atoms with Crippen LogP contribution in [0.15, 0.2) is 140 Å². The topological polar surface area (TPSA) is 599 Å². The maximum Gasteiger partial charge on any atom is 0.245 e. The number of aromatic hydroxyl groups is 1. The number of benzene rings is 5. The number of fused-ring (bicyclic) bond motifs is 1. The Morgan fingerprint density at radius 2 is 0.793 bits per heavy atom. The quantitative estimate of drug-likeness (QED) is 0.0153. The Kier molecular flexibility index (Phi) is 42.6. The highest BCUT2D eigenvalue weighted by atomic mass is 35.5. The molecule has 13 amide bonds. The molecule has 0 aliphatic rings. The molecule has 6 aromatic rings. The van der Waals surface area contributed by atoms with Gasteiger partial charge in [-0.05, 0) is 175 Å². The summed E-state index contributed by atoms with van der Waals surface area (Å²) in [6.07, 6.45) is 1.29. The van der Waals surface area contributed by atoms with Gasteiger partial charge in [0.2, 0.25) is 76.8 Å². The van der Waals surface area contributed by atoms with E-state index in [2.05, 4.69) is 81.4 Å². The van der Waals surface area contributed by atoms with Gasteiger partial charge in [0.1, 0.15) is 66.2 Å². The fourth-order valence-corrected chi connectivity index (χ4v) is 13.5. The molecule has 0 aliphatic carbocycles. The Morgan fingerprint density at radius 3 is 1.30 bits per heavy atom. The standard InChI is InChI=1S/C84H118ClN19O16S/c1-49(105)71(83(119)92-40-18-14-24-59(89)74(110)94-47-70(108)95-69(48-121)82(118)98-63(27-12-16-38-87)76(112)96-62(73(91)109)26-11-15-37-86)103-81(117)67(42-52-21-7-4-8-22-52)102-84(120)72(50(2)106)104-77(113)64(28-13-17-39-88)97-80(116)68(45-55-46-93-61-25-10-9-23-58(55)61)101-79(115)66(44-54-31-35-57(107)36-32-54)100-78(114)65(43-53-29-33-56(85)34-30-53)99-75(111)60(90)41-51-19-5-3-6-20-51/h3-10,19-23,25,29-36,46,49-50,59-60,62-69,71-72,93,105-107,121H,11-18,24,26-28,37-45,47-48,86-90H2,1-2H3,(H2,91,109)(H,92,119)(H,94,110)(H,95,108)(H,96,112)(H,97,116)(H,98,118)(H,99,111)(H,100,114)(H,101,115)(H,102,120)(H,103,117)(H,104,113)/t49-,50-,59+,60-,62+,63+,64+,65+,66+,67+,68-,69+,71+,72+/m1/s1. The molecule has 37 heteroatoms. The minimum atomic E-state index is -1.83. The van der Waals surface area contributed by atoms with E-state index in [1.54, 1.807) is 109 Å². The second kappa shape index (κ2) is 52.2. The third-order valence-corrected chi connectivity index (χ3v) is 20.6. The van der Waals surface area contributed by atoms with E-state index in [1.165, 1.54) is 38.1 Å². The number of phenolic OH excluding ortho intramolecular Hbond substituents is 1. The third kappa shape index (κ3) is 34.2. The van der Waals surface area contributed by atoms with Crippen molar-refractivity contribution >= 4 is 112 Å². The number of carbonyl (C=O) groups excluding carboxylic acids is 13. The van der Waals surface area contributed by atoms with E-state index in [9.17, 15) is 68.1 Å². The predicted molar refractivity (Wildman–Crippen MR) is 460 cm³/mol. The van der Waals surface area contributed by atoms with Gasteiger partial charge in [-0.2, -0.15) is 12.6 Å². The molecule has 28 N–H and O–H groups in total. The molecule has 1 aromatic heterocycles. The van der Waals surface area contributed by atoms with Crippen LogP contribution in [0.3, 0.4) is 0 Å². The van der Waals surface area contributed by atoms with Crippen molar-refractivity contribution in [2.24, 2.45) is 34.4 Å². The van der Waals surface area contributed by atoms with Gasteiger partial charge in [0, 0.05) is 60.1 Å². The fourth-order valence-electron chi connectivity index (χ4n) is 13.1. The molecule has 0 spiro atoms. The van der Waals surface area contributed by atoms with Crippen molar-refractivity contribution in [1.82, 2.24) is 68.8 Å². The van der Waals surface area contributed by atoms with Gasteiger partial charge in [-0.3, -0.25) is 62.3 Å². The van der Waals surface area contributed by atoms with E-state index in [1.807, 2.05) is 6.07 Å². The summed E-state index contributed by atoms with van der Waals surface area (Å²) in [6.45, 7) is 2.66. The van der Waals surface area contributed by atoms with Gasteiger partial charge in [0.05, 0.1) is 30.8 Å². The molecule has 121 heavy (non-hydrogen) atoms. The molecule has 0 saturated heterocycles. The summed E-state index contributed by atoms with van der Waals surface area (Å²) in [5.74, 6) is -11.2. The Hall–Kier alpha value is -11.1. The van der Waals surface area contributed by atoms with Gasteiger partial charge in [-0.25, -0.2) is 0 Å². The van der Waals surface area contributed by atoms with E-state index in [4.69, 9.17) is 46.0 Å². The summed E-state index contributed by atoms with van der Waals surface area (Å²) in [5, 5.41) is 65.2. The number of aromatic amines is 1. The lowest BCUT2D eigenvalue weighted by atomic mass is 9.99. The SMILES string of the molecule is C[C@@H](O)[C@H](NC(=O)[C@H](Cc1ccccc1)NC(=O)[C@@H](NC(=O)[C@H](CCCCN)NC(=O)[C@@H](Cc1c[nH]c2ccccc12)NC(=O)[C@H](Cc1ccc(O)cc1)NC(=O)[C@H](Cc1ccc(Cl)cc1)NC(=O)[C@H](N)Cc1ccccc1)[C@@H](C)O)C(=O)NCCCC[C@H](N)C(=O)NCC(=O)N[C@@H](CS)C(=O)N[C@@H](CCCCN)C(=O)N[C@@H](CCCCN)C(N)=O. The van der Waals surface area contributed by atoms with Crippen LogP contribution in [-0.4, -0.2) is 220 Å². The number of unbranched alkanes of at least 4 members (excludes halogenated alkanes) is 4. The van der Waals surface area contributed by atoms with Crippen molar-refractivity contribution in [1.29, 1.82) is 0 Å². The zero-order chi connectivity index (χ0) is 88.5. The average Bonchev–Trinajstić information content (AvgIpc) is 1.71. The lowest BCUT2D eigenvalue weighted by Crippen LogP contribution is -2.62. The number of primary amides is 1. The molecular formula is C84H118ClN19O16S. The maximum atomic E-state index is 15.2. The van der Waals surface area contributed by atoms with Crippen LogP contribution in [0.2, 0.25) is 5.02 Å². The fraction of sp³-hybridized carbons (Fsp3) is 0.464. The first-order valence-electron chi connectivity index (χ1n) is 40.5. The monoisotopic (exact) mass is 1720 g/mol. The van der Waals surface area contributed by atoms with E-state index in [0.29, 0.717) is 83.4 Å². The summed E-state index contributed by atoms with van der Waals surface area (Å²) in [6, 6.07) is 20.4. The molecule has 14 atom stereocenters. The van der Waals surface area contributed by atoms with Crippen LogP contribution in [0.5, 0.6) is 5.75 Å². The lowest BCUT2D eigenvalue weighted by molar-refractivity contribution is -0.137. The number of aliphatic hydroxyl groups excluding tert-OH is 2. The lowest BCUT2D eigenvalue weighted by Gasteiger charge is -2.29. The number of aliphatic hydroxyl groups is 2. The number of hydrogen-bond donors (Lipinski definition) is 23. The number of H-pyrrole nitrogens is 1. The highest BCUT2D eigenvalue weighted by molar-refractivity contribution is 7.80. The summed E-state index contributed by atoms with van der Waals surface area (Å²) >= 11 is 10.4. The molecule has 658 valence electrons. The number of carbonyl (C=O) groups is 13. The zero-order valence-electron chi connectivity index (χ0n) is 68.1. The van der Waals surface area contributed by atoms with Gasteiger partial charge in [-0.15, -0.1) is 0 Å². The molecule has 6 rings (SSSR count). The van der Waals surface area contributed by atoms with E-state index in [0.717, 1.165) is 5.56 Å². The smallest absolute Gasteiger partial charge is 0.245 e. The number of hydrogen-bond acceptors (Lipinski definition) is 22. The van der Waals surface area contributed by atoms with Crippen molar-refractivity contribution in [3.05, 3.63) is 172 Å². The summed E-state index contributed by atoms with van der Waals surface area (Å²) in [7, 11) is 0. The van der Waals surface area contributed by atoms with Gasteiger partial charge < -0.3 is 119 Å². The van der Waals surface area contributed by atoms with Crippen molar-refractivity contribution in [3.63, 3.8) is 0 Å². The molecule has 0 radical (unpaired) electrons. The highest BCUT2D eigenvalue weighted by Gasteiger charge is 2.38. The molecule has 0 aliphatic heterocycles. The number of phenols is 1. The Morgan fingerprint density at radius 1 is 0.397 bits per heavy atom. The number of para-hydroxylation sites is 1. The second-order valence-corrected chi connectivity index (χ2v) is 30.6. The van der Waals surface area contributed by atoms with Crippen LogP contribution in [0, 0.1) is 0 Å². The predicted octanol–water partition coefficient (Wildman–Crippen LogP) is -1.49. The largest absolute Gasteiger partial charge is 0.508 e. The third-order valence-electron chi connectivity index (χ3n) is 20.0. The van der Waals surface area contributed by atoms with Crippen molar-refractivity contribution < 1.29 is 77.6 Å². The number of nitrogens with one attached hydrogen (secondary N) is 13. The zero-order valence-corrected chi connectivity index (χ0v) is 69.7. The normalized spacial score (nSPS) is 14.7. The number of thiol groups is 1. The first-order valence-corrected chi connectivity index (χ1v) is 41.5. The Bertz CT molecular complexity index is 4340. The molecular weight excluding hydrogens is 1600 g/mol. The summed E-state index contributed by atoms with van der Waals surface area (Å²) in [5.41, 5.74) is 38.8. The van der Waals surface area contributed by atoms with Crippen LogP contribution in [-0.2, 0) is 94.4 Å². The first kappa shape index (κ1) is 98.7. The van der Waals surface area contributed by atoms with Crippen molar-refractivity contribution in [2.45, 2.75) is 208 Å².